The van der Waals surface area contributed by atoms with E-state index in [1.54, 1.807) is 0 Å². The minimum Gasteiger partial charge on any atom is -0.457 e. The van der Waals surface area contributed by atoms with Crippen molar-refractivity contribution in [1.82, 2.24) is 0 Å². The van der Waals surface area contributed by atoms with Crippen molar-refractivity contribution in [2.45, 2.75) is 211 Å². The number of ether oxygens (including phenoxy) is 4. The number of carbonyl (C=O) groups excluding carboxylic acids is 1. The van der Waals surface area contributed by atoms with Gasteiger partial charge in [0, 0.05) is 13.0 Å². The van der Waals surface area contributed by atoms with Gasteiger partial charge in [0.2, 0.25) is 0 Å². The Balaban J connectivity index is 2.43. The maximum absolute atomic E-state index is 12.9. The molecule has 0 saturated carbocycles. The molecule has 6 unspecified atom stereocenters. The molecule has 0 aromatic rings. The average Bonchev–Trinajstić information content (AvgIpc) is 3.28. The van der Waals surface area contributed by atoms with Gasteiger partial charge < -0.3 is 34.3 Å². The highest BCUT2D eigenvalue weighted by molar-refractivity contribution is 7.80. The minimum atomic E-state index is -5.07. The maximum atomic E-state index is 12.9. The van der Waals surface area contributed by atoms with Crippen LogP contribution in [0.15, 0.2) is 85.1 Å². The van der Waals surface area contributed by atoms with Gasteiger partial charge >= 0.3 is 16.4 Å². The maximum Gasteiger partial charge on any atom is 0.397 e. The van der Waals surface area contributed by atoms with Crippen molar-refractivity contribution >= 4 is 16.4 Å². The Hall–Kier alpha value is -2.72. The zero-order valence-corrected chi connectivity index (χ0v) is 40.8. The summed E-state index contributed by atoms with van der Waals surface area (Å²) >= 11 is 0. The molecule has 0 bridgehead atoms. The minimum absolute atomic E-state index is 0.00514. The van der Waals surface area contributed by atoms with Gasteiger partial charge in [-0.2, -0.15) is 8.42 Å². The van der Waals surface area contributed by atoms with E-state index in [0.717, 1.165) is 103 Å². The summed E-state index contributed by atoms with van der Waals surface area (Å²) in [6, 6.07) is 0. The van der Waals surface area contributed by atoms with E-state index in [0.29, 0.717) is 13.0 Å². The summed E-state index contributed by atoms with van der Waals surface area (Å²) in [4.78, 5) is 12.9. The van der Waals surface area contributed by atoms with Crippen LogP contribution in [0.25, 0.3) is 0 Å². The molecule has 12 nitrogen and oxygen atoms in total. The molecule has 1 fully saturated rings. The lowest BCUT2D eigenvalue weighted by Crippen LogP contribution is -2.60. The topological polar surface area (TPSA) is 178 Å². The van der Waals surface area contributed by atoms with E-state index in [1.807, 2.05) is 0 Å². The Labute approximate surface area is 393 Å². The SMILES string of the molecule is CC/C=C\C/C=C\C/C=C\C/C=C\C/C=C\C/C=C\CCCCCOCC(COC1OC(CO)C(O)C(OS(=O)(=O)O)C1O)OC(=O)CCCCCCC/C=C\CCCCCCCCC. The molecule has 1 heterocycles. The molecule has 1 aliphatic heterocycles. The van der Waals surface area contributed by atoms with Crippen molar-refractivity contribution in [2.75, 3.05) is 26.4 Å². The smallest absolute Gasteiger partial charge is 0.397 e. The number of aliphatic hydroxyl groups is 3. The van der Waals surface area contributed by atoms with Gasteiger partial charge in [-0.05, 0) is 89.9 Å². The predicted molar refractivity (Wildman–Crippen MR) is 262 cm³/mol. The fraction of sp³-hybridized carbons (Fsp3) is 0.712. The molecule has 6 atom stereocenters. The molecule has 0 aliphatic carbocycles. The van der Waals surface area contributed by atoms with Crippen molar-refractivity contribution < 1.29 is 56.2 Å². The summed E-state index contributed by atoms with van der Waals surface area (Å²) in [5, 5.41) is 30.7. The third-order valence-corrected chi connectivity index (χ3v) is 11.2. The highest BCUT2D eigenvalue weighted by atomic mass is 32.3. The van der Waals surface area contributed by atoms with Gasteiger partial charge in [0.05, 0.1) is 19.8 Å². The fourth-order valence-electron chi connectivity index (χ4n) is 7.02. The van der Waals surface area contributed by atoms with Gasteiger partial charge in [0.1, 0.15) is 30.5 Å². The second kappa shape index (κ2) is 42.6. The Kier molecular flexibility index (Phi) is 39.5. The zero-order chi connectivity index (χ0) is 47.5. The molecule has 0 radical (unpaired) electrons. The van der Waals surface area contributed by atoms with E-state index in [4.69, 9.17) is 18.9 Å². The lowest BCUT2D eigenvalue weighted by molar-refractivity contribution is -0.301. The molecule has 0 aromatic carbocycles. The first-order chi connectivity index (χ1) is 31.6. The molecule has 0 spiro atoms. The van der Waals surface area contributed by atoms with Crippen LogP contribution in [-0.4, -0.2) is 97.5 Å². The summed E-state index contributed by atoms with van der Waals surface area (Å²) in [5.41, 5.74) is 0. The van der Waals surface area contributed by atoms with Gasteiger partial charge in [-0.25, -0.2) is 4.18 Å². The van der Waals surface area contributed by atoms with E-state index >= 15 is 0 Å². The predicted octanol–water partition coefficient (Wildman–Crippen LogP) is 11.2. The summed E-state index contributed by atoms with van der Waals surface area (Å²) in [6.45, 7) is 3.77. The Morgan fingerprint density at radius 1 is 0.600 bits per heavy atom. The Morgan fingerprint density at radius 3 is 1.57 bits per heavy atom. The number of hydrogen-bond acceptors (Lipinski definition) is 11. The number of aliphatic hydroxyl groups excluding tert-OH is 3. The van der Waals surface area contributed by atoms with Crippen molar-refractivity contribution in [3.8, 4) is 0 Å². The van der Waals surface area contributed by atoms with E-state index in [9.17, 15) is 33.1 Å². The van der Waals surface area contributed by atoms with E-state index < -0.39 is 59.8 Å². The van der Waals surface area contributed by atoms with Crippen LogP contribution in [-0.2, 0) is 38.3 Å². The van der Waals surface area contributed by atoms with Crippen LogP contribution in [0.4, 0.5) is 0 Å². The van der Waals surface area contributed by atoms with Gasteiger partial charge in [-0.1, -0.05) is 163 Å². The van der Waals surface area contributed by atoms with Crippen molar-refractivity contribution in [2.24, 2.45) is 0 Å². The van der Waals surface area contributed by atoms with Gasteiger partial charge in [0.15, 0.2) is 6.29 Å². The average molecular weight is 937 g/mol. The van der Waals surface area contributed by atoms with Crippen molar-refractivity contribution in [3.63, 3.8) is 0 Å². The molecule has 65 heavy (non-hydrogen) atoms. The first-order valence-corrected chi connectivity index (χ1v) is 26.2. The third-order valence-electron chi connectivity index (χ3n) is 10.8. The number of unbranched alkanes of at least 4 members (excludes halogenated alkanes) is 15. The molecular formula is C52H88O12S. The van der Waals surface area contributed by atoms with E-state index in [2.05, 4.69) is 103 Å². The van der Waals surface area contributed by atoms with Gasteiger partial charge in [-0.3, -0.25) is 9.35 Å². The summed E-state index contributed by atoms with van der Waals surface area (Å²) in [6.07, 6.45) is 47.6. The van der Waals surface area contributed by atoms with Crippen LogP contribution in [0.2, 0.25) is 0 Å². The molecule has 1 aliphatic rings. The second-order valence-corrected chi connectivity index (χ2v) is 17.7. The molecule has 13 heteroatoms. The number of rotatable bonds is 42. The molecule has 0 aromatic heterocycles. The number of esters is 1. The Morgan fingerprint density at radius 2 is 1.06 bits per heavy atom. The molecule has 1 rings (SSSR count). The van der Waals surface area contributed by atoms with Crippen LogP contribution in [0.3, 0.4) is 0 Å². The first-order valence-electron chi connectivity index (χ1n) is 24.8. The number of carbonyl (C=O) groups is 1. The standard InChI is InChI=1S/C52H88O12S/c1-3-5-7-9-11-13-15-17-19-21-22-23-24-25-26-28-30-32-34-36-38-40-42-60-44-46(45-61-52-50(56)51(64-65(57,58)59)49(55)47(43-53)63-52)62-48(54)41-39-37-35-33-31-29-27-20-18-16-14-12-10-8-6-4-2/h5,7,11,13,17,19-20,22-23,25-27,30,32,46-47,49-53,55-56H,3-4,6,8-10,12,14-16,18,21,24,28-29,31,33-45H2,1-2H3,(H,57,58,59)/b7-5-,13-11-,19-17-,23-22-,26-25-,27-20-,32-30-. The molecular weight excluding hydrogens is 849 g/mol. The van der Waals surface area contributed by atoms with Crippen LogP contribution >= 0.6 is 0 Å². The van der Waals surface area contributed by atoms with E-state index in [1.165, 1.54) is 44.9 Å². The lowest BCUT2D eigenvalue weighted by Gasteiger charge is -2.41. The summed E-state index contributed by atoms with van der Waals surface area (Å²) < 4.78 is 59.1. The van der Waals surface area contributed by atoms with Crippen molar-refractivity contribution in [3.05, 3.63) is 85.1 Å². The highest BCUT2D eigenvalue weighted by Crippen LogP contribution is 2.26. The molecule has 1 saturated heterocycles. The Bertz CT molecular complexity index is 1450. The van der Waals surface area contributed by atoms with Crippen LogP contribution < -0.4 is 0 Å². The highest BCUT2D eigenvalue weighted by Gasteiger charge is 2.48. The molecule has 4 N–H and O–H groups in total. The monoisotopic (exact) mass is 937 g/mol. The normalized spacial score (nSPS) is 20.4. The number of hydrogen-bond donors (Lipinski definition) is 4. The van der Waals surface area contributed by atoms with Gasteiger partial charge in [-0.15, -0.1) is 0 Å². The van der Waals surface area contributed by atoms with Crippen molar-refractivity contribution in [1.29, 1.82) is 0 Å². The summed E-state index contributed by atoms with van der Waals surface area (Å²) in [7, 11) is -5.07. The number of allylic oxidation sites excluding steroid dienone is 14. The van der Waals surface area contributed by atoms with Crippen LogP contribution in [0, 0.1) is 0 Å². The van der Waals surface area contributed by atoms with Gasteiger partial charge in [0.25, 0.3) is 0 Å². The van der Waals surface area contributed by atoms with Crippen LogP contribution in [0.5, 0.6) is 0 Å². The zero-order valence-electron chi connectivity index (χ0n) is 40.0. The van der Waals surface area contributed by atoms with E-state index in [-0.39, 0.29) is 19.6 Å². The fourth-order valence-corrected chi connectivity index (χ4v) is 7.53. The largest absolute Gasteiger partial charge is 0.457 e. The van der Waals surface area contributed by atoms with Crippen LogP contribution in [0.1, 0.15) is 174 Å². The lowest BCUT2D eigenvalue weighted by atomic mass is 9.99. The molecule has 0 amide bonds. The first kappa shape index (κ1) is 60.3. The molecule has 374 valence electrons. The third kappa shape index (κ3) is 36.1. The second-order valence-electron chi connectivity index (χ2n) is 16.7. The summed E-state index contributed by atoms with van der Waals surface area (Å²) in [5.74, 6) is -0.423. The quantitative estimate of drug-likeness (QED) is 0.0197.